The number of anilines is 1. The van der Waals surface area contributed by atoms with E-state index in [1.807, 2.05) is 13.0 Å². The highest BCUT2D eigenvalue weighted by molar-refractivity contribution is 5.91. The number of nitrogens with one attached hydrogen (secondary N) is 1. The molecule has 0 radical (unpaired) electrons. The highest BCUT2D eigenvalue weighted by atomic mass is 16.5. The fourth-order valence-electron chi connectivity index (χ4n) is 3.13. The SMILES string of the molecule is CCOC(=O)/C=C(\C)Nc1cc2c(cc1C)cc(-c1ccccc1)n2C. The van der Waals surface area contributed by atoms with E-state index < -0.39 is 0 Å². The molecule has 0 amide bonds. The Labute approximate surface area is 154 Å². The first-order chi connectivity index (χ1) is 12.5. The molecule has 3 rings (SSSR count). The van der Waals surface area contributed by atoms with Crippen molar-refractivity contribution in [1.29, 1.82) is 0 Å². The number of esters is 1. The predicted molar refractivity (Wildman–Crippen MR) is 107 cm³/mol. The maximum absolute atomic E-state index is 11.6. The average Bonchev–Trinajstić information content (AvgIpc) is 2.92. The number of carbonyl (C=O) groups excluding carboxylic acids is 1. The van der Waals surface area contributed by atoms with Crippen molar-refractivity contribution in [3.05, 3.63) is 65.9 Å². The molecule has 1 aromatic heterocycles. The maximum atomic E-state index is 11.6. The zero-order valence-electron chi connectivity index (χ0n) is 15.7. The number of allylic oxidation sites excluding steroid dienone is 1. The van der Waals surface area contributed by atoms with Crippen LogP contribution in [-0.2, 0) is 16.6 Å². The Morgan fingerprint density at radius 1 is 1.19 bits per heavy atom. The summed E-state index contributed by atoms with van der Waals surface area (Å²) in [5, 5.41) is 4.51. The summed E-state index contributed by atoms with van der Waals surface area (Å²) >= 11 is 0. The van der Waals surface area contributed by atoms with Crippen LogP contribution in [0.25, 0.3) is 22.2 Å². The van der Waals surface area contributed by atoms with Gasteiger partial charge >= 0.3 is 5.97 Å². The van der Waals surface area contributed by atoms with Gasteiger partial charge in [0.2, 0.25) is 0 Å². The third kappa shape index (κ3) is 3.64. The van der Waals surface area contributed by atoms with Gasteiger partial charge in [-0.2, -0.15) is 0 Å². The smallest absolute Gasteiger partial charge is 0.332 e. The highest BCUT2D eigenvalue weighted by Gasteiger charge is 2.11. The number of carbonyl (C=O) groups is 1. The van der Waals surface area contributed by atoms with Crippen molar-refractivity contribution in [2.45, 2.75) is 20.8 Å². The minimum Gasteiger partial charge on any atom is -0.463 e. The van der Waals surface area contributed by atoms with Crippen molar-refractivity contribution in [3.8, 4) is 11.3 Å². The van der Waals surface area contributed by atoms with Crippen molar-refractivity contribution in [2.24, 2.45) is 7.05 Å². The van der Waals surface area contributed by atoms with Crippen LogP contribution < -0.4 is 5.32 Å². The van der Waals surface area contributed by atoms with E-state index in [0.29, 0.717) is 6.61 Å². The number of aromatic nitrogens is 1. The fraction of sp³-hybridized carbons (Fsp3) is 0.227. The minimum atomic E-state index is -0.332. The lowest BCUT2D eigenvalue weighted by Crippen LogP contribution is -2.05. The van der Waals surface area contributed by atoms with Gasteiger partial charge in [0.05, 0.1) is 12.1 Å². The molecule has 26 heavy (non-hydrogen) atoms. The lowest BCUT2D eigenvalue weighted by Gasteiger charge is -2.11. The van der Waals surface area contributed by atoms with E-state index in [1.165, 1.54) is 22.7 Å². The quantitative estimate of drug-likeness (QED) is 0.519. The van der Waals surface area contributed by atoms with E-state index in [2.05, 4.69) is 66.3 Å². The van der Waals surface area contributed by atoms with Crippen LogP contribution in [0.15, 0.2) is 60.3 Å². The first kappa shape index (κ1) is 17.8. The molecule has 1 N–H and O–H groups in total. The van der Waals surface area contributed by atoms with Gasteiger partial charge in [-0.05, 0) is 50.1 Å². The Morgan fingerprint density at radius 2 is 1.92 bits per heavy atom. The topological polar surface area (TPSA) is 43.3 Å². The van der Waals surface area contributed by atoms with Gasteiger partial charge in [-0.1, -0.05) is 30.3 Å². The fourth-order valence-corrected chi connectivity index (χ4v) is 3.13. The molecule has 3 aromatic rings. The van der Waals surface area contributed by atoms with Crippen LogP contribution in [0.5, 0.6) is 0 Å². The molecule has 0 aliphatic carbocycles. The van der Waals surface area contributed by atoms with E-state index in [9.17, 15) is 4.79 Å². The predicted octanol–water partition coefficient (Wildman–Crippen LogP) is 5.03. The first-order valence-electron chi connectivity index (χ1n) is 8.77. The van der Waals surface area contributed by atoms with Gasteiger partial charge in [0.15, 0.2) is 0 Å². The van der Waals surface area contributed by atoms with Gasteiger partial charge < -0.3 is 14.6 Å². The molecule has 0 bridgehead atoms. The van der Waals surface area contributed by atoms with Crippen LogP contribution in [0, 0.1) is 6.92 Å². The van der Waals surface area contributed by atoms with Crippen molar-refractivity contribution < 1.29 is 9.53 Å². The lowest BCUT2D eigenvalue weighted by atomic mass is 10.1. The number of ether oxygens (including phenoxy) is 1. The van der Waals surface area contributed by atoms with Crippen LogP contribution >= 0.6 is 0 Å². The van der Waals surface area contributed by atoms with Crippen LogP contribution in [0.2, 0.25) is 0 Å². The number of nitrogens with zero attached hydrogens (tertiary/aromatic N) is 1. The molecule has 0 unspecified atom stereocenters. The number of benzene rings is 2. The van der Waals surface area contributed by atoms with Gasteiger partial charge in [0, 0.05) is 35.6 Å². The maximum Gasteiger partial charge on any atom is 0.332 e. The van der Waals surface area contributed by atoms with Gasteiger partial charge in [-0.3, -0.25) is 0 Å². The second-order valence-corrected chi connectivity index (χ2v) is 6.38. The van der Waals surface area contributed by atoms with Crippen molar-refractivity contribution in [3.63, 3.8) is 0 Å². The summed E-state index contributed by atoms with van der Waals surface area (Å²) in [5.41, 5.74) is 6.37. The molecule has 0 atom stereocenters. The molecule has 0 aliphatic rings. The molecule has 0 spiro atoms. The van der Waals surface area contributed by atoms with Gasteiger partial charge in [0.25, 0.3) is 0 Å². The Hall–Kier alpha value is -3.01. The largest absolute Gasteiger partial charge is 0.463 e. The second-order valence-electron chi connectivity index (χ2n) is 6.38. The van der Waals surface area contributed by atoms with Gasteiger partial charge in [-0.25, -0.2) is 4.79 Å². The summed E-state index contributed by atoms with van der Waals surface area (Å²) in [6, 6.07) is 16.9. The van der Waals surface area contributed by atoms with Crippen LogP contribution in [-0.4, -0.2) is 17.1 Å². The van der Waals surface area contributed by atoms with Crippen LogP contribution in [0.1, 0.15) is 19.4 Å². The van der Waals surface area contributed by atoms with E-state index in [0.717, 1.165) is 22.5 Å². The number of hydrogen-bond donors (Lipinski definition) is 1. The van der Waals surface area contributed by atoms with Crippen molar-refractivity contribution >= 4 is 22.6 Å². The average molecular weight is 348 g/mol. The molecule has 4 nitrogen and oxygen atoms in total. The molecule has 0 saturated heterocycles. The second kappa shape index (κ2) is 7.48. The standard InChI is InChI=1S/C22H24N2O2/c1-5-26-22(25)12-16(3)23-19-14-21-18(11-15(19)2)13-20(24(21)4)17-9-7-6-8-10-17/h6-14,23H,5H2,1-4H3/b16-12+. The molecule has 0 fully saturated rings. The molecule has 0 aliphatic heterocycles. The minimum absolute atomic E-state index is 0.332. The number of hydrogen-bond acceptors (Lipinski definition) is 3. The summed E-state index contributed by atoms with van der Waals surface area (Å²) in [5.74, 6) is -0.332. The Morgan fingerprint density at radius 3 is 2.62 bits per heavy atom. The Balaban J connectivity index is 1.97. The molecule has 1 heterocycles. The van der Waals surface area contributed by atoms with Gasteiger partial charge in [0.1, 0.15) is 0 Å². The van der Waals surface area contributed by atoms with E-state index in [-0.39, 0.29) is 5.97 Å². The van der Waals surface area contributed by atoms with E-state index in [1.54, 1.807) is 6.92 Å². The van der Waals surface area contributed by atoms with Crippen molar-refractivity contribution in [2.75, 3.05) is 11.9 Å². The zero-order valence-corrected chi connectivity index (χ0v) is 15.7. The van der Waals surface area contributed by atoms with Gasteiger partial charge in [-0.15, -0.1) is 0 Å². The molecule has 134 valence electrons. The number of rotatable bonds is 5. The normalized spacial score (nSPS) is 11.6. The van der Waals surface area contributed by atoms with E-state index >= 15 is 0 Å². The monoisotopic (exact) mass is 348 g/mol. The number of aryl methyl sites for hydroxylation is 2. The lowest BCUT2D eigenvalue weighted by molar-refractivity contribution is -0.137. The summed E-state index contributed by atoms with van der Waals surface area (Å²) in [6.07, 6.45) is 1.48. The zero-order chi connectivity index (χ0) is 18.7. The number of fused-ring (bicyclic) bond motifs is 1. The Bertz CT molecular complexity index is 969. The van der Waals surface area contributed by atoms with Crippen LogP contribution in [0.3, 0.4) is 0 Å². The van der Waals surface area contributed by atoms with E-state index in [4.69, 9.17) is 4.74 Å². The molecule has 4 heteroatoms. The summed E-state index contributed by atoms with van der Waals surface area (Å²) in [7, 11) is 2.07. The highest BCUT2D eigenvalue weighted by Crippen LogP contribution is 2.31. The third-order valence-electron chi connectivity index (χ3n) is 4.41. The molecule has 2 aromatic carbocycles. The third-order valence-corrected chi connectivity index (χ3v) is 4.41. The molecule has 0 saturated carbocycles. The summed E-state index contributed by atoms with van der Waals surface area (Å²) in [4.78, 5) is 11.6. The molecular weight excluding hydrogens is 324 g/mol. The Kier molecular flexibility index (Phi) is 5.12. The summed E-state index contributed by atoms with van der Waals surface area (Å²) < 4.78 is 7.16. The summed E-state index contributed by atoms with van der Waals surface area (Å²) in [6.45, 7) is 6.10. The first-order valence-corrected chi connectivity index (χ1v) is 8.77. The van der Waals surface area contributed by atoms with Crippen molar-refractivity contribution in [1.82, 2.24) is 4.57 Å². The van der Waals surface area contributed by atoms with Crippen LogP contribution in [0.4, 0.5) is 5.69 Å². The molecular formula is C22H24N2O2.